The van der Waals surface area contributed by atoms with Gasteiger partial charge >= 0.3 is 0 Å². The van der Waals surface area contributed by atoms with Gasteiger partial charge in [-0.3, -0.25) is 14.2 Å². The van der Waals surface area contributed by atoms with Crippen LogP contribution in [0.2, 0.25) is 0 Å². The maximum atomic E-state index is 13.8. The summed E-state index contributed by atoms with van der Waals surface area (Å²) in [6.07, 6.45) is 4.26. The Labute approximate surface area is 195 Å². The number of anilines is 1. The van der Waals surface area contributed by atoms with Crippen molar-refractivity contribution in [2.24, 2.45) is 0 Å². The number of nitrogens with zero attached hydrogens (tertiary/aromatic N) is 1. The average Bonchev–Trinajstić information content (AvgIpc) is 3.18. The highest BCUT2D eigenvalue weighted by Gasteiger charge is 2.23. The van der Waals surface area contributed by atoms with Gasteiger partial charge in [0.25, 0.3) is 5.91 Å². The van der Waals surface area contributed by atoms with E-state index in [1.54, 1.807) is 24.3 Å². The van der Waals surface area contributed by atoms with Crippen LogP contribution in [-0.4, -0.2) is 22.1 Å². The molecule has 1 aromatic heterocycles. The van der Waals surface area contributed by atoms with Crippen molar-refractivity contribution in [2.75, 3.05) is 11.1 Å². The maximum Gasteiger partial charge on any atom is 0.258 e. The zero-order chi connectivity index (χ0) is 22.8. The van der Waals surface area contributed by atoms with Crippen molar-refractivity contribution in [1.29, 1.82) is 0 Å². The van der Waals surface area contributed by atoms with E-state index in [4.69, 9.17) is 0 Å². The fraction of sp³-hybridized carbons (Fsp3) is 0.185. The molecule has 0 spiro atoms. The van der Waals surface area contributed by atoms with Crippen molar-refractivity contribution in [2.45, 2.75) is 30.6 Å². The van der Waals surface area contributed by atoms with Crippen LogP contribution in [0.25, 0.3) is 10.9 Å². The van der Waals surface area contributed by atoms with Crippen LogP contribution in [0.1, 0.15) is 39.3 Å². The number of thioether (sulfide) groups is 1. The second-order valence-electron chi connectivity index (χ2n) is 8.13. The summed E-state index contributed by atoms with van der Waals surface area (Å²) in [5.41, 5.74) is 4.07. The van der Waals surface area contributed by atoms with Gasteiger partial charge in [-0.1, -0.05) is 30.3 Å². The smallest absolute Gasteiger partial charge is 0.258 e. The number of halogens is 1. The van der Waals surface area contributed by atoms with Gasteiger partial charge in [-0.05, 0) is 73.7 Å². The molecule has 0 atom stereocenters. The fourth-order valence-electron chi connectivity index (χ4n) is 4.47. The number of aryl methyl sites for hydroxylation is 1. The third kappa shape index (κ3) is 4.31. The topological polar surface area (TPSA) is 51.1 Å². The van der Waals surface area contributed by atoms with Gasteiger partial charge in [-0.2, -0.15) is 0 Å². The number of rotatable bonds is 5. The molecule has 1 amide bonds. The lowest BCUT2D eigenvalue weighted by Gasteiger charge is -2.15. The van der Waals surface area contributed by atoms with Gasteiger partial charge < -0.3 is 5.32 Å². The molecule has 0 aliphatic heterocycles. The van der Waals surface area contributed by atoms with Crippen LogP contribution in [0, 0.1) is 5.82 Å². The summed E-state index contributed by atoms with van der Waals surface area (Å²) in [5, 5.41) is 3.90. The molecular formula is C27H23FN2O2S. The molecule has 0 saturated carbocycles. The minimum absolute atomic E-state index is 0.00355. The van der Waals surface area contributed by atoms with E-state index in [1.165, 1.54) is 47.0 Å². The number of hydrogen-bond donors (Lipinski definition) is 1. The normalized spacial score (nSPS) is 13.0. The van der Waals surface area contributed by atoms with E-state index in [0.717, 1.165) is 29.7 Å². The summed E-state index contributed by atoms with van der Waals surface area (Å²) in [6, 6.07) is 21.3. The van der Waals surface area contributed by atoms with Gasteiger partial charge in [0.05, 0.1) is 16.8 Å². The van der Waals surface area contributed by atoms with Crippen molar-refractivity contribution < 1.29 is 14.0 Å². The zero-order valence-electron chi connectivity index (χ0n) is 18.0. The Balaban J connectivity index is 1.27. The molecule has 4 nitrogen and oxygen atoms in total. The van der Waals surface area contributed by atoms with Gasteiger partial charge in [-0.25, -0.2) is 4.39 Å². The summed E-state index contributed by atoms with van der Waals surface area (Å²) in [6.45, 7) is 0. The molecular weight excluding hydrogens is 435 g/mol. The lowest BCUT2D eigenvalue weighted by atomic mass is 9.96. The number of carbonyl (C=O) groups excluding carboxylic acids is 2. The third-order valence-corrected chi connectivity index (χ3v) is 7.02. The Bertz CT molecular complexity index is 1340. The van der Waals surface area contributed by atoms with Crippen LogP contribution in [-0.2, 0) is 12.8 Å². The maximum absolute atomic E-state index is 13.8. The summed E-state index contributed by atoms with van der Waals surface area (Å²) in [4.78, 5) is 26.4. The quantitative estimate of drug-likeness (QED) is 0.355. The number of nitrogens with one attached hydrogen (secondary N) is 1. The number of aromatic nitrogens is 1. The van der Waals surface area contributed by atoms with E-state index in [-0.39, 0.29) is 11.5 Å². The van der Waals surface area contributed by atoms with Gasteiger partial charge in [0.1, 0.15) is 5.82 Å². The van der Waals surface area contributed by atoms with E-state index < -0.39 is 11.7 Å². The molecule has 1 aliphatic rings. The number of fused-ring (bicyclic) bond motifs is 3. The summed E-state index contributed by atoms with van der Waals surface area (Å²) in [7, 11) is 0. The second-order valence-corrected chi connectivity index (χ2v) is 9.17. The minimum Gasteiger partial charge on any atom is -0.322 e. The highest BCUT2D eigenvalue weighted by molar-refractivity contribution is 8.00. The van der Waals surface area contributed by atoms with E-state index in [2.05, 4.69) is 11.4 Å². The molecule has 1 heterocycles. The van der Waals surface area contributed by atoms with Crippen LogP contribution >= 0.6 is 11.8 Å². The van der Waals surface area contributed by atoms with E-state index >= 15 is 0 Å². The van der Waals surface area contributed by atoms with Gasteiger partial charge in [0, 0.05) is 21.7 Å². The molecule has 166 valence electrons. The SMILES string of the molecule is O=C(Nc1ccc(SCC(=O)n2c3c(c4ccccc42)CCCC3)cc1)c1ccccc1F. The van der Waals surface area contributed by atoms with Crippen molar-refractivity contribution in [3.63, 3.8) is 0 Å². The number of carbonyl (C=O) groups is 2. The molecule has 0 fully saturated rings. The average molecular weight is 459 g/mol. The van der Waals surface area contributed by atoms with Crippen LogP contribution < -0.4 is 5.32 Å². The van der Waals surface area contributed by atoms with Crippen molar-refractivity contribution in [1.82, 2.24) is 4.57 Å². The third-order valence-electron chi connectivity index (χ3n) is 6.02. The highest BCUT2D eigenvalue weighted by atomic mass is 32.2. The van der Waals surface area contributed by atoms with Crippen LogP contribution in [0.15, 0.2) is 77.7 Å². The molecule has 5 rings (SSSR count). The first-order valence-electron chi connectivity index (χ1n) is 11.0. The predicted molar refractivity (Wildman–Crippen MR) is 131 cm³/mol. The molecule has 1 aliphatic carbocycles. The Morgan fingerprint density at radius 2 is 1.64 bits per heavy atom. The second kappa shape index (κ2) is 9.24. The summed E-state index contributed by atoms with van der Waals surface area (Å²) >= 11 is 1.47. The molecule has 1 N–H and O–H groups in total. The molecule has 0 unspecified atom stereocenters. The molecule has 6 heteroatoms. The molecule has 33 heavy (non-hydrogen) atoms. The Kier molecular flexibility index (Phi) is 6.01. The fourth-order valence-corrected chi connectivity index (χ4v) is 5.22. The first-order chi connectivity index (χ1) is 16.1. The van der Waals surface area contributed by atoms with Gasteiger partial charge in [0.2, 0.25) is 5.91 Å². The van der Waals surface area contributed by atoms with Gasteiger partial charge in [-0.15, -0.1) is 11.8 Å². The van der Waals surface area contributed by atoms with E-state index in [1.807, 2.05) is 34.9 Å². The highest BCUT2D eigenvalue weighted by Crippen LogP contribution is 2.32. The van der Waals surface area contributed by atoms with E-state index in [0.29, 0.717) is 11.4 Å². The van der Waals surface area contributed by atoms with Crippen molar-refractivity contribution in [3.8, 4) is 0 Å². The number of hydrogen-bond acceptors (Lipinski definition) is 3. The molecule has 3 aromatic carbocycles. The first kappa shape index (κ1) is 21.5. The molecule has 4 aromatic rings. The Hall–Kier alpha value is -3.38. The first-order valence-corrected chi connectivity index (χ1v) is 12.0. The lowest BCUT2D eigenvalue weighted by Crippen LogP contribution is -2.18. The van der Waals surface area contributed by atoms with Crippen LogP contribution in [0.3, 0.4) is 0 Å². The van der Waals surface area contributed by atoms with Gasteiger partial charge in [0.15, 0.2) is 0 Å². The minimum atomic E-state index is -0.555. The van der Waals surface area contributed by atoms with E-state index in [9.17, 15) is 14.0 Å². The van der Waals surface area contributed by atoms with Crippen molar-refractivity contribution in [3.05, 3.63) is 95.4 Å². The lowest BCUT2D eigenvalue weighted by molar-refractivity contribution is 0.0942. The monoisotopic (exact) mass is 458 g/mol. The standard InChI is InChI=1S/C27H23FN2O2S/c28-23-10-4-1-9-22(23)27(32)29-18-13-15-19(16-14-18)33-17-26(31)30-24-11-5-2-7-20(24)21-8-3-6-12-25(21)30/h1-2,4-5,7,9-11,13-16H,3,6,8,12,17H2,(H,29,32). The van der Waals surface area contributed by atoms with Crippen LogP contribution in [0.5, 0.6) is 0 Å². The van der Waals surface area contributed by atoms with Crippen molar-refractivity contribution >= 4 is 40.2 Å². The Morgan fingerprint density at radius 3 is 2.45 bits per heavy atom. The number of amides is 1. The summed E-state index contributed by atoms with van der Waals surface area (Å²) < 4.78 is 15.7. The number of benzene rings is 3. The Morgan fingerprint density at radius 1 is 0.909 bits per heavy atom. The predicted octanol–water partition coefficient (Wildman–Crippen LogP) is 6.34. The molecule has 0 bridgehead atoms. The largest absolute Gasteiger partial charge is 0.322 e. The molecule has 0 saturated heterocycles. The molecule has 0 radical (unpaired) electrons. The zero-order valence-corrected chi connectivity index (χ0v) is 18.8. The summed E-state index contributed by atoms with van der Waals surface area (Å²) in [5.74, 6) is -0.642. The number of para-hydroxylation sites is 1. The van der Waals surface area contributed by atoms with Crippen LogP contribution in [0.4, 0.5) is 10.1 Å².